The first-order chi connectivity index (χ1) is 18.6. The van der Waals surface area contributed by atoms with Crippen molar-refractivity contribution in [1.29, 1.82) is 0 Å². The molecule has 3 atom stereocenters. The molecule has 0 N–H and O–H groups in total. The standard InChI is InChI=1S/C29H42N2O6S2/c1-5-24-11-8-9-19-30(24)38(32,33)25-14-16-26(17-15-25)39(34,35)31(27-12-7-6-10-22(27)2)21-23-13-18-28(36-3)29(20-23)37-4/h13-18,20,22,24,27H,5-12,19,21H2,1-4H3/t22-,24+,27+/m0/s1. The lowest BCUT2D eigenvalue weighted by atomic mass is 9.86. The number of nitrogens with zero attached hydrogens (tertiary/aromatic N) is 2. The maximum atomic E-state index is 14.1. The number of ether oxygens (including phenoxy) is 2. The van der Waals surface area contributed by atoms with Gasteiger partial charge in [0, 0.05) is 25.2 Å². The molecule has 39 heavy (non-hydrogen) atoms. The zero-order chi connectivity index (χ0) is 28.2. The summed E-state index contributed by atoms with van der Waals surface area (Å²) in [5.41, 5.74) is 0.795. The van der Waals surface area contributed by atoms with Crippen LogP contribution in [-0.4, -0.2) is 58.3 Å². The first-order valence-corrected chi connectivity index (χ1v) is 16.9. The molecular formula is C29H42N2O6S2. The van der Waals surface area contributed by atoms with Crippen molar-refractivity contribution in [3.8, 4) is 11.5 Å². The Morgan fingerprint density at radius 2 is 1.49 bits per heavy atom. The maximum absolute atomic E-state index is 14.1. The van der Waals surface area contributed by atoms with Crippen LogP contribution in [0.25, 0.3) is 0 Å². The molecule has 2 aliphatic rings. The summed E-state index contributed by atoms with van der Waals surface area (Å²) in [5.74, 6) is 1.33. The molecule has 0 radical (unpaired) electrons. The topological polar surface area (TPSA) is 93.2 Å². The van der Waals surface area contributed by atoms with Gasteiger partial charge in [-0.2, -0.15) is 8.61 Å². The molecule has 0 aromatic heterocycles. The van der Waals surface area contributed by atoms with Crippen molar-refractivity contribution in [3.05, 3.63) is 48.0 Å². The Morgan fingerprint density at radius 1 is 0.846 bits per heavy atom. The van der Waals surface area contributed by atoms with Gasteiger partial charge in [-0.05, 0) is 80.0 Å². The minimum Gasteiger partial charge on any atom is -0.493 e. The molecule has 1 saturated heterocycles. The highest BCUT2D eigenvalue weighted by Crippen LogP contribution is 2.35. The summed E-state index contributed by atoms with van der Waals surface area (Å²) in [6.45, 7) is 4.80. The fraction of sp³-hybridized carbons (Fsp3) is 0.586. The summed E-state index contributed by atoms with van der Waals surface area (Å²) < 4.78 is 69.1. The quantitative estimate of drug-likeness (QED) is 0.373. The summed E-state index contributed by atoms with van der Waals surface area (Å²) in [6, 6.07) is 11.1. The molecule has 0 amide bonds. The molecular weight excluding hydrogens is 536 g/mol. The lowest BCUT2D eigenvalue weighted by molar-refractivity contribution is 0.185. The van der Waals surface area contributed by atoms with Crippen LogP contribution in [0.2, 0.25) is 0 Å². The Morgan fingerprint density at radius 3 is 2.13 bits per heavy atom. The highest BCUT2D eigenvalue weighted by molar-refractivity contribution is 7.89. The van der Waals surface area contributed by atoms with Gasteiger partial charge >= 0.3 is 0 Å². The molecule has 2 aromatic carbocycles. The van der Waals surface area contributed by atoms with Crippen molar-refractivity contribution in [2.45, 2.75) is 93.6 Å². The van der Waals surface area contributed by atoms with Gasteiger partial charge in [-0.25, -0.2) is 16.8 Å². The van der Waals surface area contributed by atoms with Gasteiger partial charge in [0.2, 0.25) is 20.0 Å². The highest BCUT2D eigenvalue weighted by Gasteiger charge is 2.37. The monoisotopic (exact) mass is 578 g/mol. The van der Waals surface area contributed by atoms with E-state index >= 15 is 0 Å². The maximum Gasteiger partial charge on any atom is 0.243 e. The van der Waals surface area contributed by atoms with Crippen molar-refractivity contribution >= 4 is 20.0 Å². The zero-order valence-corrected chi connectivity index (χ0v) is 25.1. The van der Waals surface area contributed by atoms with E-state index in [1.807, 2.05) is 19.1 Å². The van der Waals surface area contributed by atoms with Crippen molar-refractivity contribution in [3.63, 3.8) is 0 Å². The van der Waals surface area contributed by atoms with Crippen LogP contribution in [0.5, 0.6) is 11.5 Å². The summed E-state index contributed by atoms with van der Waals surface area (Å²) in [6.07, 6.45) is 7.29. The minimum atomic E-state index is -3.92. The zero-order valence-electron chi connectivity index (χ0n) is 23.5. The highest BCUT2D eigenvalue weighted by atomic mass is 32.2. The largest absolute Gasteiger partial charge is 0.493 e. The van der Waals surface area contributed by atoms with E-state index in [4.69, 9.17) is 9.47 Å². The number of sulfonamides is 2. The molecule has 1 aliphatic carbocycles. The number of piperidine rings is 1. The van der Waals surface area contributed by atoms with Crippen LogP contribution in [0.3, 0.4) is 0 Å². The van der Waals surface area contributed by atoms with Gasteiger partial charge in [-0.15, -0.1) is 0 Å². The SMILES string of the molecule is CC[C@@H]1CCCCN1S(=O)(=O)c1ccc(S(=O)(=O)N(Cc2ccc(OC)c(OC)c2)[C@@H]2CCCC[C@@H]2C)cc1. The molecule has 4 rings (SSSR count). The molecule has 1 heterocycles. The van der Waals surface area contributed by atoms with Crippen molar-refractivity contribution < 1.29 is 26.3 Å². The van der Waals surface area contributed by atoms with Gasteiger partial charge in [0.25, 0.3) is 0 Å². The number of rotatable bonds is 10. The van der Waals surface area contributed by atoms with E-state index in [9.17, 15) is 16.8 Å². The van der Waals surface area contributed by atoms with Crippen LogP contribution in [-0.2, 0) is 26.6 Å². The third kappa shape index (κ3) is 6.29. The van der Waals surface area contributed by atoms with E-state index in [1.54, 1.807) is 28.9 Å². The molecule has 0 bridgehead atoms. The van der Waals surface area contributed by atoms with Crippen LogP contribution in [0.1, 0.15) is 70.8 Å². The fourth-order valence-electron chi connectivity index (χ4n) is 6.02. The van der Waals surface area contributed by atoms with Crippen molar-refractivity contribution in [2.24, 2.45) is 5.92 Å². The number of methoxy groups -OCH3 is 2. The lowest BCUT2D eigenvalue weighted by Crippen LogP contribution is -2.44. The molecule has 0 unspecified atom stereocenters. The van der Waals surface area contributed by atoms with E-state index in [-0.39, 0.29) is 34.3 Å². The minimum absolute atomic E-state index is 0.0167. The van der Waals surface area contributed by atoms with E-state index in [0.29, 0.717) is 18.0 Å². The van der Waals surface area contributed by atoms with Gasteiger partial charge in [0.05, 0.1) is 24.0 Å². The van der Waals surface area contributed by atoms with Gasteiger partial charge in [-0.3, -0.25) is 0 Å². The Labute approximate surface area is 234 Å². The van der Waals surface area contributed by atoms with Crippen molar-refractivity contribution in [2.75, 3.05) is 20.8 Å². The van der Waals surface area contributed by atoms with Crippen molar-refractivity contribution in [1.82, 2.24) is 8.61 Å². The second kappa shape index (κ2) is 12.6. The Hall–Kier alpha value is -2.14. The lowest BCUT2D eigenvalue weighted by Gasteiger charge is -2.38. The van der Waals surface area contributed by atoms with Crippen LogP contribution in [0.4, 0.5) is 0 Å². The number of benzene rings is 2. The Kier molecular flexibility index (Phi) is 9.62. The van der Waals surface area contributed by atoms with Gasteiger partial charge in [-0.1, -0.05) is 39.2 Å². The molecule has 1 aliphatic heterocycles. The van der Waals surface area contributed by atoms with Gasteiger partial charge < -0.3 is 9.47 Å². The first-order valence-electron chi connectivity index (χ1n) is 14.0. The summed E-state index contributed by atoms with van der Waals surface area (Å²) >= 11 is 0. The van der Waals surface area contributed by atoms with Gasteiger partial charge in [0.15, 0.2) is 11.5 Å². The molecule has 10 heteroatoms. The molecule has 0 spiro atoms. The predicted molar refractivity (Wildman–Crippen MR) is 152 cm³/mol. The van der Waals surface area contributed by atoms with Crippen LogP contribution in [0.15, 0.2) is 52.3 Å². The molecule has 2 aromatic rings. The fourth-order valence-corrected chi connectivity index (χ4v) is 9.52. The smallest absolute Gasteiger partial charge is 0.243 e. The second-order valence-electron chi connectivity index (χ2n) is 10.7. The third-order valence-corrected chi connectivity index (χ3v) is 12.2. The first kappa shape index (κ1) is 29.8. The molecule has 2 fully saturated rings. The van der Waals surface area contributed by atoms with E-state index in [0.717, 1.165) is 56.9 Å². The predicted octanol–water partition coefficient (Wildman–Crippen LogP) is 5.43. The van der Waals surface area contributed by atoms with Gasteiger partial charge in [0.1, 0.15) is 0 Å². The summed E-state index contributed by atoms with van der Waals surface area (Å²) in [7, 11) is -4.49. The van der Waals surface area contributed by atoms with E-state index in [2.05, 4.69) is 6.92 Å². The Bertz CT molecular complexity index is 1330. The van der Waals surface area contributed by atoms with Crippen LogP contribution in [0, 0.1) is 5.92 Å². The molecule has 8 nitrogen and oxygen atoms in total. The van der Waals surface area contributed by atoms with E-state index in [1.165, 1.54) is 24.3 Å². The summed E-state index contributed by atoms with van der Waals surface area (Å²) in [5, 5.41) is 0. The number of hydrogen-bond acceptors (Lipinski definition) is 6. The second-order valence-corrected chi connectivity index (χ2v) is 14.5. The van der Waals surface area contributed by atoms with Crippen LogP contribution < -0.4 is 9.47 Å². The normalized spacial score (nSPS) is 23.1. The van der Waals surface area contributed by atoms with E-state index < -0.39 is 20.0 Å². The average molecular weight is 579 g/mol. The molecule has 1 saturated carbocycles. The average Bonchev–Trinajstić information content (AvgIpc) is 2.96. The third-order valence-electron chi connectivity index (χ3n) is 8.30. The molecule has 216 valence electrons. The summed E-state index contributed by atoms with van der Waals surface area (Å²) in [4.78, 5) is 0.240. The number of hydrogen-bond donors (Lipinski definition) is 0. The Balaban J connectivity index is 1.67. The van der Waals surface area contributed by atoms with Crippen LogP contribution >= 0.6 is 0 Å².